The molecular formula is C24H33ClN4O3. The minimum atomic E-state index is -0.121. The van der Waals surface area contributed by atoms with Crippen molar-refractivity contribution in [2.45, 2.75) is 39.5 Å². The van der Waals surface area contributed by atoms with Crippen LogP contribution in [-0.2, 0) is 0 Å². The lowest BCUT2D eigenvalue weighted by Gasteiger charge is -2.31. The van der Waals surface area contributed by atoms with E-state index >= 15 is 0 Å². The predicted octanol–water partition coefficient (Wildman–Crippen LogP) is 3.87. The van der Waals surface area contributed by atoms with Gasteiger partial charge in [-0.15, -0.1) is 0 Å². The number of benzene rings is 1. The molecule has 0 radical (unpaired) electrons. The number of rotatable bonds is 10. The highest BCUT2D eigenvalue weighted by Gasteiger charge is 2.20. The van der Waals surface area contributed by atoms with Crippen LogP contribution < -0.4 is 15.0 Å². The topological polar surface area (TPSA) is 87.6 Å². The molecule has 0 aliphatic carbocycles. The summed E-state index contributed by atoms with van der Waals surface area (Å²) in [5.74, 6) is 2.16. The molecule has 3 rings (SSSR count). The van der Waals surface area contributed by atoms with Crippen molar-refractivity contribution in [2.24, 2.45) is 11.8 Å². The van der Waals surface area contributed by atoms with Crippen LogP contribution in [0.1, 0.15) is 48.5 Å². The van der Waals surface area contributed by atoms with Crippen LogP contribution in [0, 0.1) is 18.8 Å². The van der Waals surface area contributed by atoms with E-state index in [9.17, 15) is 4.79 Å². The van der Waals surface area contributed by atoms with Crippen LogP contribution in [0.2, 0.25) is 5.02 Å². The molecule has 0 saturated carbocycles. The van der Waals surface area contributed by atoms with Gasteiger partial charge in [-0.25, -0.2) is 9.97 Å². The van der Waals surface area contributed by atoms with Crippen LogP contribution in [0.15, 0.2) is 30.6 Å². The summed E-state index contributed by atoms with van der Waals surface area (Å²) in [6.07, 6.45) is 7.69. The Morgan fingerprint density at radius 2 is 2.03 bits per heavy atom. The molecule has 8 heteroatoms. The molecule has 1 fully saturated rings. The first-order valence-electron chi connectivity index (χ1n) is 11.3. The zero-order chi connectivity index (χ0) is 22.9. The average Bonchev–Trinajstić information content (AvgIpc) is 2.81. The highest BCUT2D eigenvalue weighted by atomic mass is 35.5. The van der Waals surface area contributed by atoms with Gasteiger partial charge >= 0.3 is 0 Å². The minimum absolute atomic E-state index is 0.0415. The summed E-state index contributed by atoms with van der Waals surface area (Å²) in [5.41, 5.74) is 1.52. The number of carbonyl (C=O) groups excluding carboxylic acids is 1. The van der Waals surface area contributed by atoms with E-state index in [0.717, 1.165) is 56.0 Å². The van der Waals surface area contributed by atoms with E-state index in [1.54, 1.807) is 18.5 Å². The number of hydrogen-bond donors (Lipinski definition) is 2. The van der Waals surface area contributed by atoms with Gasteiger partial charge in [0.25, 0.3) is 5.91 Å². The third-order valence-electron chi connectivity index (χ3n) is 5.89. The highest BCUT2D eigenvalue weighted by Crippen LogP contribution is 2.25. The number of nitrogens with one attached hydrogen (secondary N) is 1. The maximum Gasteiger partial charge on any atom is 0.251 e. The quantitative estimate of drug-likeness (QED) is 0.523. The molecule has 2 aromatic rings. The fourth-order valence-electron chi connectivity index (χ4n) is 3.86. The number of aliphatic hydroxyl groups excluding tert-OH is 1. The number of aryl methyl sites for hydroxylation is 1. The van der Waals surface area contributed by atoms with E-state index in [0.29, 0.717) is 29.7 Å². The van der Waals surface area contributed by atoms with Crippen LogP contribution in [0.25, 0.3) is 0 Å². The third kappa shape index (κ3) is 7.07. The van der Waals surface area contributed by atoms with E-state index in [1.165, 1.54) is 0 Å². The first-order chi connectivity index (χ1) is 15.5. The normalized spacial score (nSPS) is 15.4. The molecule has 0 bridgehead atoms. The largest absolute Gasteiger partial charge is 0.494 e. The van der Waals surface area contributed by atoms with Gasteiger partial charge in [-0.3, -0.25) is 4.79 Å². The first kappa shape index (κ1) is 24.3. The SMILES string of the molecule is Cc1cc(OCCCC2CCN(c3ncc(Cl)cn3)CC2)ccc1C(=O)NC[C@@H](C)CO. The number of ether oxygens (including phenoxy) is 1. The smallest absolute Gasteiger partial charge is 0.251 e. The maximum atomic E-state index is 12.3. The predicted molar refractivity (Wildman–Crippen MR) is 126 cm³/mol. The number of aliphatic hydroxyl groups is 1. The zero-order valence-electron chi connectivity index (χ0n) is 18.9. The van der Waals surface area contributed by atoms with Crippen molar-refractivity contribution >= 4 is 23.5 Å². The Labute approximate surface area is 195 Å². The van der Waals surface area contributed by atoms with Crippen LogP contribution in [0.5, 0.6) is 5.75 Å². The van der Waals surface area contributed by atoms with Crippen molar-refractivity contribution in [2.75, 3.05) is 37.7 Å². The van der Waals surface area contributed by atoms with Gasteiger partial charge in [-0.05, 0) is 68.2 Å². The number of nitrogens with zero attached hydrogens (tertiary/aromatic N) is 3. The van der Waals surface area contributed by atoms with E-state index in [2.05, 4.69) is 20.2 Å². The second-order valence-electron chi connectivity index (χ2n) is 8.60. The fraction of sp³-hybridized carbons (Fsp3) is 0.542. The van der Waals surface area contributed by atoms with Gasteiger partial charge in [0.2, 0.25) is 5.95 Å². The van der Waals surface area contributed by atoms with Gasteiger partial charge in [-0.1, -0.05) is 18.5 Å². The van der Waals surface area contributed by atoms with Crippen molar-refractivity contribution in [3.05, 3.63) is 46.7 Å². The number of halogens is 1. The van der Waals surface area contributed by atoms with Crippen LogP contribution >= 0.6 is 11.6 Å². The average molecular weight is 461 g/mol. The molecule has 2 N–H and O–H groups in total. The lowest BCUT2D eigenvalue weighted by atomic mass is 9.92. The summed E-state index contributed by atoms with van der Waals surface area (Å²) in [6.45, 7) is 6.91. The molecule has 0 unspecified atom stereocenters. The summed E-state index contributed by atoms with van der Waals surface area (Å²) >= 11 is 5.87. The Morgan fingerprint density at radius 1 is 1.31 bits per heavy atom. The van der Waals surface area contributed by atoms with E-state index in [4.69, 9.17) is 21.4 Å². The lowest BCUT2D eigenvalue weighted by Crippen LogP contribution is -2.34. The Morgan fingerprint density at radius 3 is 2.69 bits per heavy atom. The number of piperidine rings is 1. The molecule has 32 heavy (non-hydrogen) atoms. The van der Waals surface area contributed by atoms with Gasteiger partial charge in [0.05, 0.1) is 24.0 Å². The Kier molecular flexibility index (Phi) is 9.11. The molecule has 1 saturated heterocycles. The van der Waals surface area contributed by atoms with Crippen LogP contribution in [0.3, 0.4) is 0 Å². The fourth-order valence-corrected chi connectivity index (χ4v) is 3.96. The molecule has 1 aliphatic heterocycles. The van der Waals surface area contributed by atoms with Crippen molar-refractivity contribution in [3.8, 4) is 5.75 Å². The van der Waals surface area contributed by atoms with E-state index < -0.39 is 0 Å². The van der Waals surface area contributed by atoms with E-state index in [1.807, 2.05) is 26.0 Å². The van der Waals surface area contributed by atoms with Gasteiger partial charge in [0.1, 0.15) is 5.75 Å². The Hall–Kier alpha value is -2.38. The lowest BCUT2D eigenvalue weighted by molar-refractivity contribution is 0.0941. The summed E-state index contributed by atoms with van der Waals surface area (Å²) < 4.78 is 5.92. The highest BCUT2D eigenvalue weighted by molar-refractivity contribution is 6.30. The standard InChI is InChI=1S/C24H33ClN4O3/c1-17(16-30)13-26-23(31)22-6-5-21(12-18(22)2)32-11-3-4-19-7-9-29(10-8-19)24-27-14-20(25)15-28-24/h5-6,12,14-15,17,19,30H,3-4,7-11,13,16H2,1-2H3,(H,26,31)/t17-/m1/s1. The summed E-state index contributed by atoms with van der Waals surface area (Å²) in [5, 5.41) is 12.5. The Bertz CT molecular complexity index is 870. The number of carbonyl (C=O) groups is 1. The summed E-state index contributed by atoms with van der Waals surface area (Å²) in [4.78, 5) is 23.1. The molecule has 1 aromatic carbocycles. The molecule has 174 valence electrons. The number of hydrogen-bond acceptors (Lipinski definition) is 6. The van der Waals surface area contributed by atoms with Crippen molar-refractivity contribution < 1.29 is 14.6 Å². The monoisotopic (exact) mass is 460 g/mol. The van der Waals surface area contributed by atoms with Crippen molar-refractivity contribution in [1.82, 2.24) is 15.3 Å². The summed E-state index contributed by atoms with van der Waals surface area (Å²) in [6, 6.07) is 5.56. The second kappa shape index (κ2) is 12.0. The number of amides is 1. The van der Waals surface area contributed by atoms with Crippen LogP contribution in [-0.4, -0.2) is 53.8 Å². The van der Waals surface area contributed by atoms with Gasteiger partial charge in [0.15, 0.2) is 0 Å². The first-order valence-corrected chi connectivity index (χ1v) is 11.7. The Balaban J connectivity index is 1.36. The van der Waals surface area contributed by atoms with Crippen molar-refractivity contribution in [1.29, 1.82) is 0 Å². The molecule has 7 nitrogen and oxygen atoms in total. The molecule has 2 heterocycles. The molecule has 1 atom stereocenters. The van der Waals surface area contributed by atoms with Crippen LogP contribution in [0.4, 0.5) is 5.95 Å². The van der Waals surface area contributed by atoms with E-state index in [-0.39, 0.29) is 18.4 Å². The minimum Gasteiger partial charge on any atom is -0.494 e. The van der Waals surface area contributed by atoms with Gasteiger partial charge in [-0.2, -0.15) is 0 Å². The number of aromatic nitrogens is 2. The number of anilines is 1. The molecule has 1 amide bonds. The molecular weight excluding hydrogens is 428 g/mol. The maximum absolute atomic E-state index is 12.3. The summed E-state index contributed by atoms with van der Waals surface area (Å²) in [7, 11) is 0. The molecule has 0 spiro atoms. The third-order valence-corrected chi connectivity index (χ3v) is 6.09. The van der Waals surface area contributed by atoms with Gasteiger partial charge in [0, 0.05) is 31.8 Å². The molecule has 1 aromatic heterocycles. The van der Waals surface area contributed by atoms with Crippen molar-refractivity contribution in [3.63, 3.8) is 0 Å². The zero-order valence-corrected chi connectivity index (χ0v) is 19.6. The molecule has 1 aliphatic rings. The second-order valence-corrected chi connectivity index (χ2v) is 9.03. The van der Waals surface area contributed by atoms with Gasteiger partial charge < -0.3 is 20.1 Å².